The van der Waals surface area contributed by atoms with Gasteiger partial charge in [-0.3, -0.25) is 4.79 Å². The van der Waals surface area contributed by atoms with Gasteiger partial charge in [-0.1, -0.05) is 54.6 Å². The fourth-order valence-electron chi connectivity index (χ4n) is 2.90. The van der Waals surface area contributed by atoms with Gasteiger partial charge in [0.05, 0.1) is 10.9 Å². The lowest BCUT2D eigenvalue weighted by Crippen LogP contribution is -2.12. The van der Waals surface area contributed by atoms with Crippen LogP contribution in [-0.2, 0) is 12.8 Å². The van der Waals surface area contributed by atoms with Crippen molar-refractivity contribution in [3.63, 3.8) is 0 Å². The van der Waals surface area contributed by atoms with Gasteiger partial charge in [0, 0.05) is 6.42 Å². The monoisotopic (exact) mass is 300 g/mol. The second-order valence-corrected chi connectivity index (χ2v) is 5.71. The molecule has 3 heteroatoms. The van der Waals surface area contributed by atoms with Crippen molar-refractivity contribution >= 4 is 21.7 Å². The SMILES string of the molecule is O=c1[nH]c(CCc2ccccc2)nc2cc3ccccc3cc12. The van der Waals surface area contributed by atoms with E-state index < -0.39 is 0 Å². The number of hydrogen-bond acceptors (Lipinski definition) is 2. The van der Waals surface area contributed by atoms with Gasteiger partial charge in [0.25, 0.3) is 5.56 Å². The summed E-state index contributed by atoms with van der Waals surface area (Å²) in [6.45, 7) is 0. The molecule has 4 aromatic rings. The molecule has 0 saturated carbocycles. The van der Waals surface area contributed by atoms with Crippen LogP contribution in [0.1, 0.15) is 11.4 Å². The van der Waals surface area contributed by atoms with Crippen molar-refractivity contribution in [3.05, 3.63) is 88.5 Å². The second-order valence-electron chi connectivity index (χ2n) is 5.71. The number of fused-ring (bicyclic) bond motifs is 2. The molecule has 1 aromatic heterocycles. The van der Waals surface area contributed by atoms with E-state index in [4.69, 9.17) is 0 Å². The first-order valence-electron chi connectivity index (χ1n) is 7.75. The van der Waals surface area contributed by atoms with Crippen molar-refractivity contribution in [1.29, 1.82) is 0 Å². The third kappa shape index (κ3) is 2.73. The first-order valence-corrected chi connectivity index (χ1v) is 7.75. The summed E-state index contributed by atoms with van der Waals surface area (Å²) >= 11 is 0. The molecule has 112 valence electrons. The number of aryl methyl sites for hydroxylation is 2. The van der Waals surface area contributed by atoms with Gasteiger partial charge < -0.3 is 4.98 Å². The first kappa shape index (κ1) is 13.7. The number of hydrogen-bond donors (Lipinski definition) is 1. The molecule has 0 aliphatic heterocycles. The van der Waals surface area contributed by atoms with Crippen molar-refractivity contribution in [2.45, 2.75) is 12.8 Å². The highest BCUT2D eigenvalue weighted by molar-refractivity contribution is 5.95. The summed E-state index contributed by atoms with van der Waals surface area (Å²) in [5.74, 6) is 0.738. The molecule has 0 aliphatic rings. The number of rotatable bonds is 3. The Morgan fingerprint density at radius 3 is 2.30 bits per heavy atom. The van der Waals surface area contributed by atoms with Gasteiger partial charge in [-0.2, -0.15) is 0 Å². The summed E-state index contributed by atoms with van der Waals surface area (Å²) in [5.41, 5.74) is 1.94. The molecule has 0 aliphatic carbocycles. The van der Waals surface area contributed by atoms with Crippen molar-refractivity contribution < 1.29 is 0 Å². The fraction of sp³-hybridized carbons (Fsp3) is 0.100. The maximum Gasteiger partial charge on any atom is 0.258 e. The summed E-state index contributed by atoms with van der Waals surface area (Å²) in [6, 6.07) is 22.2. The minimum Gasteiger partial charge on any atom is -0.310 e. The molecule has 0 bridgehead atoms. The molecular weight excluding hydrogens is 284 g/mol. The van der Waals surface area contributed by atoms with Crippen LogP contribution in [0.15, 0.2) is 71.5 Å². The first-order chi connectivity index (χ1) is 11.3. The Morgan fingerprint density at radius 2 is 1.52 bits per heavy atom. The molecule has 0 unspecified atom stereocenters. The van der Waals surface area contributed by atoms with E-state index in [-0.39, 0.29) is 5.56 Å². The fourth-order valence-corrected chi connectivity index (χ4v) is 2.90. The molecule has 3 aromatic carbocycles. The average molecular weight is 300 g/mol. The lowest BCUT2D eigenvalue weighted by Gasteiger charge is -2.05. The van der Waals surface area contributed by atoms with Crippen LogP contribution in [0.2, 0.25) is 0 Å². The smallest absolute Gasteiger partial charge is 0.258 e. The average Bonchev–Trinajstić information content (AvgIpc) is 2.59. The van der Waals surface area contributed by atoms with Gasteiger partial charge in [0.1, 0.15) is 5.82 Å². The molecule has 1 heterocycles. The largest absolute Gasteiger partial charge is 0.310 e. The zero-order chi connectivity index (χ0) is 15.6. The topological polar surface area (TPSA) is 45.8 Å². The van der Waals surface area contributed by atoms with E-state index in [1.54, 1.807) is 0 Å². The van der Waals surface area contributed by atoms with Crippen LogP contribution >= 0.6 is 0 Å². The molecule has 0 amide bonds. The van der Waals surface area contributed by atoms with Crippen LogP contribution in [0, 0.1) is 0 Å². The van der Waals surface area contributed by atoms with Gasteiger partial charge >= 0.3 is 0 Å². The lowest BCUT2D eigenvalue weighted by atomic mass is 10.1. The third-order valence-electron chi connectivity index (χ3n) is 4.12. The lowest BCUT2D eigenvalue weighted by molar-refractivity contribution is 0.861. The zero-order valence-electron chi connectivity index (χ0n) is 12.6. The van der Waals surface area contributed by atoms with Crippen LogP contribution in [0.25, 0.3) is 21.7 Å². The predicted octanol–water partition coefficient (Wildman–Crippen LogP) is 3.86. The minimum absolute atomic E-state index is 0.0659. The number of H-pyrrole nitrogens is 1. The molecule has 23 heavy (non-hydrogen) atoms. The summed E-state index contributed by atoms with van der Waals surface area (Å²) in [7, 11) is 0. The van der Waals surface area contributed by atoms with E-state index in [9.17, 15) is 4.79 Å². The van der Waals surface area contributed by atoms with Crippen LogP contribution in [0.3, 0.4) is 0 Å². The zero-order valence-corrected chi connectivity index (χ0v) is 12.6. The second kappa shape index (κ2) is 5.69. The van der Waals surface area contributed by atoms with E-state index in [1.165, 1.54) is 5.56 Å². The number of aromatic nitrogens is 2. The molecule has 1 N–H and O–H groups in total. The molecule has 3 nitrogen and oxygen atoms in total. The van der Waals surface area contributed by atoms with E-state index >= 15 is 0 Å². The Kier molecular flexibility index (Phi) is 3.39. The Balaban J connectivity index is 1.74. The Hall–Kier alpha value is -2.94. The van der Waals surface area contributed by atoms with Crippen molar-refractivity contribution in [1.82, 2.24) is 9.97 Å². The maximum absolute atomic E-state index is 12.4. The molecular formula is C20H16N2O. The highest BCUT2D eigenvalue weighted by Gasteiger charge is 2.06. The summed E-state index contributed by atoms with van der Waals surface area (Å²) in [5, 5.41) is 2.81. The van der Waals surface area contributed by atoms with Crippen molar-refractivity contribution in [3.8, 4) is 0 Å². The van der Waals surface area contributed by atoms with E-state index in [2.05, 4.69) is 22.1 Å². The van der Waals surface area contributed by atoms with E-state index in [0.29, 0.717) is 5.39 Å². The van der Waals surface area contributed by atoms with Crippen LogP contribution in [0.5, 0.6) is 0 Å². The number of nitrogens with one attached hydrogen (secondary N) is 1. The van der Waals surface area contributed by atoms with E-state index in [0.717, 1.165) is 35.0 Å². The van der Waals surface area contributed by atoms with Crippen LogP contribution in [0.4, 0.5) is 0 Å². The molecule has 0 atom stereocenters. The molecule has 4 rings (SSSR count). The Morgan fingerprint density at radius 1 is 0.826 bits per heavy atom. The van der Waals surface area contributed by atoms with Gasteiger partial charge in [0.2, 0.25) is 0 Å². The van der Waals surface area contributed by atoms with Crippen molar-refractivity contribution in [2.24, 2.45) is 0 Å². The van der Waals surface area contributed by atoms with E-state index in [1.807, 2.05) is 54.6 Å². The molecule has 0 radical (unpaired) electrons. The Bertz CT molecular complexity index is 1040. The third-order valence-corrected chi connectivity index (χ3v) is 4.12. The predicted molar refractivity (Wildman–Crippen MR) is 93.7 cm³/mol. The summed E-state index contributed by atoms with van der Waals surface area (Å²) in [4.78, 5) is 19.9. The molecule has 0 fully saturated rings. The normalized spacial score (nSPS) is 11.1. The van der Waals surface area contributed by atoms with Gasteiger partial charge in [-0.15, -0.1) is 0 Å². The number of nitrogens with zero attached hydrogens (tertiary/aromatic N) is 1. The van der Waals surface area contributed by atoms with Crippen molar-refractivity contribution in [2.75, 3.05) is 0 Å². The molecule has 0 spiro atoms. The van der Waals surface area contributed by atoms with Gasteiger partial charge in [-0.25, -0.2) is 4.98 Å². The van der Waals surface area contributed by atoms with Gasteiger partial charge in [-0.05, 0) is 34.9 Å². The number of aromatic amines is 1. The number of benzene rings is 3. The standard InChI is InChI=1S/C20H16N2O/c23-20-17-12-15-8-4-5-9-16(15)13-18(17)21-19(22-20)11-10-14-6-2-1-3-7-14/h1-9,12-13H,10-11H2,(H,21,22,23). The highest BCUT2D eigenvalue weighted by Crippen LogP contribution is 2.19. The summed E-state index contributed by atoms with van der Waals surface area (Å²) < 4.78 is 0. The Labute approximate surface area is 133 Å². The quantitative estimate of drug-likeness (QED) is 0.584. The van der Waals surface area contributed by atoms with Crippen LogP contribution < -0.4 is 5.56 Å². The van der Waals surface area contributed by atoms with Crippen LogP contribution in [-0.4, -0.2) is 9.97 Å². The highest BCUT2D eigenvalue weighted by atomic mass is 16.1. The summed E-state index contributed by atoms with van der Waals surface area (Å²) in [6.07, 6.45) is 1.59. The maximum atomic E-state index is 12.4. The molecule has 0 saturated heterocycles. The van der Waals surface area contributed by atoms with Gasteiger partial charge in [0.15, 0.2) is 0 Å². The minimum atomic E-state index is -0.0659.